The molecule has 2 rings (SSSR count). The number of aliphatic hydroxyl groups excluding tert-OH is 1. The maximum Gasteiger partial charge on any atom is 0.317 e. The van der Waals surface area contributed by atoms with Gasteiger partial charge in [-0.1, -0.05) is 32.0 Å². The van der Waals surface area contributed by atoms with E-state index in [-0.39, 0.29) is 11.9 Å². The van der Waals surface area contributed by atoms with Crippen molar-refractivity contribution < 1.29 is 9.90 Å². The summed E-state index contributed by atoms with van der Waals surface area (Å²) in [5.74, 6) is 0.261. The molecule has 1 aromatic carbocycles. The van der Waals surface area contributed by atoms with Crippen molar-refractivity contribution in [3.05, 3.63) is 47.8 Å². The van der Waals surface area contributed by atoms with Crippen molar-refractivity contribution in [1.29, 1.82) is 0 Å². The fourth-order valence-electron chi connectivity index (χ4n) is 2.54. The minimum atomic E-state index is -0.548. The maximum atomic E-state index is 12.1. The highest BCUT2D eigenvalue weighted by molar-refractivity contribution is 5.73. The van der Waals surface area contributed by atoms with Crippen LogP contribution < -0.4 is 5.32 Å². The van der Waals surface area contributed by atoms with E-state index in [0.717, 1.165) is 16.9 Å². The molecule has 2 amide bonds. The highest BCUT2D eigenvalue weighted by Crippen LogP contribution is 2.20. The van der Waals surface area contributed by atoms with Gasteiger partial charge in [0.1, 0.15) is 0 Å². The standard InChI is InChI=1S/C18H26N4O2/c1-13(2)17-15(10-19-18(24)21(4)11-14(3)23)12-22(20-17)16-8-6-5-7-9-16/h5-9,12-14,23H,10-11H2,1-4H3,(H,19,24). The van der Waals surface area contributed by atoms with Crippen molar-refractivity contribution in [1.82, 2.24) is 20.0 Å². The summed E-state index contributed by atoms with van der Waals surface area (Å²) in [5, 5.41) is 16.9. The molecule has 24 heavy (non-hydrogen) atoms. The van der Waals surface area contributed by atoms with Crippen LogP contribution >= 0.6 is 0 Å². The lowest BCUT2D eigenvalue weighted by molar-refractivity contribution is 0.143. The van der Waals surface area contributed by atoms with Crippen LogP contribution in [-0.4, -0.2) is 45.5 Å². The zero-order valence-corrected chi connectivity index (χ0v) is 14.7. The van der Waals surface area contributed by atoms with Crippen LogP contribution in [0, 0.1) is 0 Å². The monoisotopic (exact) mass is 330 g/mol. The summed E-state index contributed by atoms with van der Waals surface area (Å²) in [6, 6.07) is 9.69. The molecule has 0 spiro atoms. The molecule has 0 fully saturated rings. The number of hydrogen-bond acceptors (Lipinski definition) is 3. The minimum absolute atomic E-state index is 0.210. The van der Waals surface area contributed by atoms with Crippen LogP contribution in [0.15, 0.2) is 36.5 Å². The Morgan fingerprint density at radius 3 is 2.54 bits per heavy atom. The maximum absolute atomic E-state index is 12.1. The molecule has 1 unspecified atom stereocenters. The van der Waals surface area contributed by atoms with Gasteiger partial charge in [-0.05, 0) is 25.0 Å². The average molecular weight is 330 g/mol. The molecule has 0 bridgehead atoms. The van der Waals surface area contributed by atoms with Crippen LogP contribution in [0.25, 0.3) is 5.69 Å². The summed E-state index contributed by atoms with van der Waals surface area (Å²) in [6.45, 7) is 6.53. The van der Waals surface area contributed by atoms with Gasteiger partial charge in [0.25, 0.3) is 0 Å². The van der Waals surface area contributed by atoms with Crippen LogP contribution in [0.3, 0.4) is 0 Å². The number of amides is 2. The summed E-state index contributed by atoms with van der Waals surface area (Å²) < 4.78 is 1.84. The van der Waals surface area contributed by atoms with Crippen molar-refractivity contribution in [3.63, 3.8) is 0 Å². The number of aromatic nitrogens is 2. The Morgan fingerprint density at radius 1 is 1.29 bits per heavy atom. The summed E-state index contributed by atoms with van der Waals surface area (Å²) in [5.41, 5.74) is 2.95. The average Bonchev–Trinajstić information content (AvgIpc) is 2.97. The number of nitrogens with zero attached hydrogens (tertiary/aromatic N) is 3. The first-order valence-corrected chi connectivity index (χ1v) is 8.19. The van der Waals surface area contributed by atoms with Gasteiger partial charge in [0.05, 0.1) is 17.5 Å². The minimum Gasteiger partial charge on any atom is -0.392 e. The van der Waals surface area contributed by atoms with Crippen LogP contribution in [0.2, 0.25) is 0 Å². The van der Waals surface area contributed by atoms with Gasteiger partial charge >= 0.3 is 6.03 Å². The first-order chi connectivity index (χ1) is 11.4. The van der Waals surface area contributed by atoms with Crippen molar-refractivity contribution in [2.75, 3.05) is 13.6 Å². The number of hydrogen-bond donors (Lipinski definition) is 2. The smallest absolute Gasteiger partial charge is 0.317 e. The van der Waals surface area contributed by atoms with Crippen molar-refractivity contribution in [3.8, 4) is 5.69 Å². The number of likely N-dealkylation sites (N-methyl/N-ethyl adjacent to an activating group) is 1. The Kier molecular flexibility index (Phi) is 5.98. The highest BCUT2D eigenvalue weighted by Gasteiger charge is 2.16. The molecule has 6 nitrogen and oxygen atoms in total. The third-order valence-corrected chi connectivity index (χ3v) is 3.71. The quantitative estimate of drug-likeness (QED) is 0.855. The number of carbonyl (C=O) groups excluding carboxylic acids is 1. The number of para-hydroxylation sites is 1. The highest BCUT2D eigenvalue weighted by atomic mass is 16.3. The predicted molar refractivity (Wildman–Crippen MR) is 94.2 cm³/mol. The Hall–Kier alpha value is -2.34. The molecule has 0 aliphatic carbocycles. The second-order valence-electron chi connectivity index (χ2n) is 6.36. The third kappa shape index (κ3) is 4.58. The number of urea groups is 1. The van der Waals surface area contributed by atoms with Gasteiger partial charge in [0, 0.05) is 31.9 Å². The zero-order chi connectivity index (χ0) is 17.7. The SMILES string of the molecule is CC(O)CN(C)C(=O)NCc1cn(-c2ccccc2)nc1C(C)C. The lowest BCUT2D eigenvalue weighted by Gasteiger charge is -2.19. The van der Waals surface area contributed by atoms with Crippen molar-refractivity contribution in [2.24, 2.45) is 0 Å². The zero-order valence-electron chi connectivity index (χ0n) is 14.7. The van der Waals surface area contributed by atoms with Gasteiger partial charge in [-0.25, -0.2) is 9.48 Å². The normalized spacial score (nSPS) is 12.2. The van der Waals surface area contributed by atoms with E-state index in [9.17, 15) is 9.90 Å². The Labute approximate surface area is 143 Å². The van der Waals surface area contributed by atoms with E-state index in [4.69, 9.17) is 0 Å². The van der Waals surface area contributed by atoms with Crippen molar-refractivity contribution in [2.45, 2.75) is 39.3 Å². The largest absolute Gasteiger partial charge is 0.392 e. The molecule has 0 saturated carbocycles. The van der Waals surface area contributed by atoms with Gasteiger partial charge in [0.15, 0.2) is 0 Å². The Morgan fingerprint density at radius 2 is 1.96 bits per heavy atom. The van der Waals surface area contributed by atoms with Gasteiger partial charge in [-0.3, -0.25) is 0 Å². The molecule has 0 aliphatic rings. The van der Waals surface area contributed by atoms with E-state index in [1.165, 1.54) is 4.90 Å². The number of nitrogens with one attached hydrogen (secondary N) is 1. The molecule has 6 heteroatoms. The lowest BCUT2D eigenvalue weighted by atomic mass is 10.1. The molecule has 0 saturated heterocycles. The topological polar surface area (TPSA) is 70.4 Å². The molecular weight excluding hydrogens is 304 g/mol. The third-order valence-electron chi connectivity index (χ3n) is 3.71. The number of aliphatic hydroxyl groups is 1. The summed E-state index contributed by atoms with van der Waals surface area (Å²) in [4.78, 5) is 13.6. The lowest BCUT2D eigenvalue weighted by Crippen LogP contribution is -2.40. The van der Waals surface area contributed by atoms with Crippen molar-refractivity contribution >= 4 is 6.03 Å². The van der Waals surface area contributed by atoms with Crippen LogP contribution in [0.1, 0.15) is 37.9 Å². The van der Waals surface area contributed by atoms with Crippen LogP contribution in [0.4, 0.5) is 4.79 Å². The van der Waals surface area contributed by atoms with E-state index in [0.29, 0.717) is 13.1 Å². The summed E-state index contributed by atoms with van der Waals surface area (Å²) in [7, 11) is 1.67. The molecule has 2 aromatic rings. The number of rotatable bonds is 6. The second kappa shape index (κ2) is 7.97. The van der Waals surface area contributed by atoms with Gasteiger partial charge in [0.2, 0.25) is 0 Å². The Bertz CT molecular complexity index is 665. The van der Waals surface area contributed by atoms with Crippen LogP contribution in [0.5, 0.6) is 0 Å². The van der Waals surface area contributed by atoms with Gasteiger partial charge in [-0.2, -0.15) is 5.10 Å². The fourth-order valence-corrected chi connectivity index (χ4v) is 2.54. The molecule has 0 aliphatic heterocycles. The first-order valence-electron chi connectivity index (χ1n) is 8.19. The molecule has 0 radical (unpaired) electrons. The fraction of sp³-hybridized carbons (Fsp3) is 0.444. The first kappa shape index (κ1) is 18.0. The molecule has 1 atom stereocenters. The van der Waals surface area contributed by atoms with Gasteiger partial charge < -0.3 is 15.3 Å². The van der Waals surface area contributed by atoms with E-state index >= 15 is 0 Å². The number of carbonyl (C=O) groups is 1. The van der Waals surface area contributed by atoms with E-state index in [2.05, 4.69) is 24.3 Å². The second-order valence-corrected chi connectivity index (χ2v) is 6.36. The van der Waals surface area contributed by atoms with Gasteiger partial charge in [-0.15, -0.1) is 0 Å². The van der Waals surface area contributed by atoms with Crippen LogP contribution in [-0.2, 0) is 6.54 Å². The van der Waals surface area contributed by atoms with E-state index in [1.807, 2.05) is 41.2 Å². The van der Waals surface area contributed by atoms with E-state index < -0.39 is 6.10 Å². The number of benzene rings is 1. The Balaban J connectivity index is 2.12. The molecule has 1 aromatic heterocycles. The summed E-state index contributed by atoms with van der Waals surface area (Å²) in [6.07, 6.45) is 1.41. The molecule has 2 N–H and O–H groups in total. The summed E-state index contributed by atoms with van der Waals surface area (Å²) >= 11 is 0. The molecule has 130 valence electrons. The molecule has 1 heterocycles. The van der Waals surface area contributed by atoms with E-state index in [1.54, 1.807) is 14.0 Å². The predicted octanol–water partition coefficient (Wildman–Crippen LogP) is 2.52. The molecular formula is C18H26N4O2.